The molecule has 0 spiro atoms. The second-order valence-electron chi connectivity index (χ2n) is 4.18. The summed E-state index contributed by atoms with van der Waals surface area (Å²) < 4.78 is 0. The van der Waals surface area contributed by atoms with Crippen LogP contribution in [-0.4, -0.2) is 53.9 Å². The van der Waals surface area contributed by atoms with Gasteiger partial charge >= 0.3 is 0 Å². The number of alkyl halides is 1. The molecule has 0 aromatic rings. The third-order valence-corrected chi connectivity index (χ3v) is 3.23. The van der Waals surface area contributed by atoms with Crippen molar-refractivity contribution in [2.24, 2.45) is 0 Å². The van der Waals surface area contributed by atoms with E-state index in [4.69, 9.17) is 16.9 Å². The second-order valence-corrected chi connectivity index (χ2v) is 4.71. The zero-order chi connectivity index (χ0) is 10.7. The van der Waals surface area contributed by atoms with Crippen LogP contribution in [0.25, 0.3) is 0 Å². The number of rotatable bonds is 2. The minimum atomic E-state index is -0.377. The van der Waals surface area contributed by atoms with E-state index >= 15 is 0 Å². The number of nitrogens with zero attached hydrogens (tertiary/aromatic N) is 3. The van der Waals surface area contributed by atoms with Gasteiger partial charge in [0.1, 0.15) is 5.38 Å². The molecule has 0 saturated carbocycles. The van der Waals surface area contributed by atoms with Crippen molar-refractivity contribution in [2.45, 2.75) is 31.3 Å². The fourth-order valence-electron chi connectivity index (χ4n) is 1.93. The molecule has 0 aliphatic carbocycles. The van der Waals surface area contributed by atoms with E-state index in [0.717, 1.165) is 13.1 Å². The number of halogens is 1. The molecule has 14 heavy (non-hydrogen) atoms. The van der Waals surface area contributed by atoms with Crippen LogP contribution in [0.1, 0.15) is 13.8 Å². The minimum absolute atomic E-state index is 0.377. The number of hydrogen-bond acceptors (Lipinski definition) is 3. The number of hydrogen-bond donors (Lipinski definition) is 0. The summed E-state index contributed by atoms with van der Waals surface area (Å²) in [5, 5.41) is 8.25. The van der Waals surface area contributed by atoms with Crippen LogP contribution in [0.2, 0.25) is 0 Å². The third kappa shape index (κ3) is 2.84. The Balaban J connectivity index is 2.46. The topological polar surface area (TPSA) is 30.3 Å². The van der Waals surface area contributed by atoms with Crippen LogP contribution in [-0.2, 0) is 0 Å². The van der Waals surface area contributed by atoms with E-state index in [2.05, 4.69) is 36.8 Å². The predicted octanol–water partition coefficient (Wildman–Crippen LogP) is 1.14. The first kappa shape index (κ1) is 11.8. The van der Waals surface area contributed by atoms with Gasteiger partial charge < -0.3 is 0 Å². The van der Waals surface area contributed by atoms with Crippen molar-refractivity contribution >= 4 is 11.6 Å². The first-order chi connectivity index (χ1) is 6.54. The maximum absolute atomic E-state index is 8.63. The summed E-state index contributed by atoms with van der Waals surface area (Å²) in [6.07, 6.45) is 0. The molecule has 0 radical (unpaired) electrons. The van der Waals surface area contributed by atoms with E-state index in [1.165, 1.54) is 0 Å². The third-order valence-electron chi connectivity index (χ3n) is 2.99. The Kier molecular flexibility index (Phi) is 4.18. The second kappa shape index (κ2) is 4.97. The largest absolute Gasteiger partial charge is 0.298 e. The van der Waals surface area contributed by atoms with Gasteiger partial charge in [-0.05, 0) is 20.9 Å². The fraction of sp³-hybridized carbons (Fsp3) is 0.900. The van der Waals surface area contributed by atoms with Gasteiger partial charge in [0, 0.05) is 31.7 Å². The van der Waals surface area contributed by atoms with Crippen molar-refractivity contribution in [3.05, 3.63) is 0 Å². The van der Waals surface area contributed by atoms with Crippen molar-refractivity contribution in [2.75, 3.05) is 26.7 Å². The van der Waals surface area contributed by atoms with Crippen LogP contribution >= 0.6 is 11.6 Å². The van der Waals surface area contributed by atoms with Crippen LogP contribution in [0.5, 0.6) is 0 Å². The molecule has 3 unspecified atom stereocenters. The van der Waals surface area contributed by atoms with Gasteiger partial charge in [-0.25, -0.2) is 0 Å². The SMILES string of the molecule is CC1CN(CC(Cl)C#N)CC(C)N1C. The highest BCUT2D eigenvalue weighted by molar-refractivity contribution is 6.22. The zero-order valence-electron chi connectivity index (χ0n) is 9.07. The highest BCUT2D eigenvalue weighted by atomic mass is 35.5. The molecule has 0 bridgehead atoms. The molecule has 1 saturated heterocycles. The molecule has 0 amide bonds. The van der Waals surface area contributed by atoms with Gasteiger partial charge in [-0.3, -0.25) is 9.80 Å². The van der Waals surface area contributed by atoms with Gasteiger partial charge in [-0.1, -0.05) is 0 Å². The van der Waals surface area contributed by atoms with Crippen molar-refractivity contribution < 1.29 is 0 Å². The molecule has 0 aromatic carbocycles. The lowest BCUT2D eigenvalue weighted by atomic mass is 10.1. The van der Waals surface area contributed by atoms with Gasteiger partial charge in [0.05, 0.1) is 6.07 Å². The minimum Gasteiger partial charge on any atom is -0.298 e. The lowest BCUT2D eigenvalue weighted by molar-refractivity contribution is 0.0619. The number of piperazine rings is 1. The van der Waals surface area contributed by atoms with Crippen molar-refractivity contribution in [1.82, 2.24) is 9.80 Å². The molecule has 1 fully saturated rings. The summed E-state index contributed by atoms with van der Waals surface area (Å²) in [5.41, 5.74) is 0. The monoisotopic (exact) mass is 215 g/mol. The lowest BCUT2D eigenvalue weighted by Gasteiger charge is -2.42. The quantitative estimate of drug-likeness (QED) is 0.648. The molecule has 3 nitrogen and oxygen atoms in total. The standard InChI is InChI=1S/C10H18ClN3/c1-8-5-14(7-10(11)4-12)6-9(2)13(8)3/h8-10H,5-7H2,1-3H3. The van der Waals surface area contributed by atoms with Gasteiger partial charge in [0.15, 0.2) is 0 Å². The Morgan fingerprint density at radius 3 is 2.36 bits per heavy atom. The molecule has 1 heterocycles. The van der Waals surface area contributed by atoms with Gasteiger partial charge in [-0.2, -0.15) is 5.26 Å². The number of nitriles is 1. The Morgan fingerprint density at radius 1 is 1.43 bits per heavy atom. The lowest BCUT2D eigenvalue weighted by Crippen LogP contribution is -2.55. The molecule has 1 rings (SSSR count). The predicted molar refractivity (Wildman–Crippen MR) is 58.4 cm³/mol. The van der Waals surface area contributed by atoms with E-state index in [0.29, 0.717) is 18.6 Å². The molecule has 80 valence electrons. The van der Waals surface area contributed by atoms with Crippen LogP contribution < -0.4 is 0 Å². The molecule has 0 aromatic heterocycles. The summed E-state index contributed by atoms with van der Waals surface area (Å²) in [7, 11) is 2.15. The molecule has 3 atom stereocenters. The smallest absolute Gasteiger partial charge is 0.133 e. The van der Waals surface area contributed by atoms with Crippen LogP contribution in [0.3, 0.4) is 0 Å². The Morgan fingerprint density at radius 2 is 1.93 bits per heavy atom. The first-order valence-corrected chi connectivity index (χ1v) is 5.46. The fourth-order valence-corrected chi connectivity index (χ4v) is 2.13. The first-order valence-electron chi connectivity index (χ1n) is 5.02. The van der Waals surface area contributed by atoms with E-state index in [1.54, 1.807) is 0 Å². The summed E-state index contributed by atoms with van der Waals surface area (Å²) in [5.74, 6) is 0. The average Bonchev–Trinajstić information content (AvgIpc) is 2.14. The van der Waals surface area contributed by atoms with E-state index in [1.807, 2.05) is 0 Å². The van der Waals surface area contributed by atoms with E-state index in [-0.39, 0.29) is 5.38 Å². The average molecular weight is 216 g/mol. The normalized spacial score (nSPS) is 32.5. The van der Waals surface area contributed by atoms with Crippen molar-refractivity contribution in [3.63, 3.8) is 0 Å². The summed E-state index contributed by atoms with van der Waals surface area (Å²) >= 11 is 5.81. The van der Waals surface area contributed by atoms with Crippen LogP contribution in [0, 0.1) is 11.3 Å². The summed E-state index contributed by atoms with van der Waals surface area (Å²) in [6.45, 7) is 7.11. The maximum atomic E-state index is 8.63. The molecule has 1 aliphatic rings. The zero-order valence-corrected chi connectivity index (χ0v) is 9.83. The Bertz CT molecular complexity index is 214. The Labute approximate surface area is 91.2 Å². The molecule has 0 N–H and O–H groups in total. The maximum Gasteiger partial charge on any atom is 0.133 e. The summed E-state index contributed by atoms with van der Waals surface area (Å²) in [6, 6.07) is 3.15. The van der Waals surface area contributed by atoms with Crippen molar-refractivity contribution in [1.29, 1.82) is 5.26 Å². The van der Waals surface area contributed by atoms with Gasteiger partial charge in [0.2, 0.25) is 0 Å². The molecule has 1 aliphatic heterocycles. The highest BCUT2D eigenvalue weighted by Gasteiger charge is 2.27. The Hall–Kier alpha value is -0.300. The van der Waals surface area contributed by atoms with E-state index in [9.17, 15) is 0 Å². The summed E-state index contributed by atoms with van der Waals surface area (Å²) in [4.78, 5) is 4.64. The molecular formula is C10H18ClN3. The van der Waals surface area contributed by atoms with Crippen LogP contribution in [0.4, 0.5) is 0 Å². The van der Waals surface area contributed by atoms with Crippen molar-refractivity contribution in [3.8, 4) is 6.07 Å². The van der Waals surface area contributed by atoms with Gasteiger partial charge in [0.25, 0.3) is 0 Å². The van der Waals surface area contributed by atoms with E-state index < -0.39 is 0 Å². The number of likely N-dealkylation sites (N-methyl/N-ethyl adjacent to an activating group) is 1. The van der Waals surface area contributed by atoms with Crippen LogP contribution in [0.15, 0.2) is 0 Å². The molecular weight excluding hydrogens is 198 g/mol. The highest BCUT2D eigenvalue weighted by Crippen LogP contribution is 2.14. The molecule has 4 heteroatoms. The van der Waals surface area contributed by atoms with Gasteiger partial charge in [-0.15, -0.1) is 11.6 Å².